The number of hydrogen-bond acceptors (Lipinski definition) is 6. The molecule has 0 amide bonds. The number of rotatable bonds is 3. The van der Waals surface area contributed by atoms with E-state index in [1.807, 2.05) is 10.6 Å². The summed E-state index contributed by atoms with van der Waals surface area (Å²) in [5.41, 5.74) is 2.18. The van der Waals surface area contributed by atoms with Crippen molar-refractivity contribution in [2.24, 2.45) is 0 Å². The van der Waals surface area contributed by atoms with Crippen LogP contribution in [0.4, 0.5) is 10.2 Å². The van der Waals surface area contributed by atoms with E-state index in [1.165, 1.54) is 6.20 Å². The summed E-state index contributed by atoms with van der Waals surface area (Å²) in [7, 11) is 0. The maximum atomic E-state index is 14.6. The lowest BCUT2D eigenvalue weighted by molar-refractivity contribution is 0.128. The van der Waals surface area contributed by atoms with Gasteiger partial charge in [0.1, 0.15) is 11.3 Å². The second kappa shape index (κ2) is 7.10. The van der Waals surface area contributed by atoms with Crippen molar-refractivity contribution in [3.8, 4) is 11.3 Å². The Bertz CT molecular complexity index is 996. The second-order valence-corrected chi connectivity index (χ2v) is 8.18. The number of fused-ring (bicyclic) bond motifs is 1. The van der Waals surface area contributed by atoms with E-state index in [-0.39, 0.29) is 11.6 Å². The molecule has 0 radical (unpaired) electrons. The van der Waals surface area contributed by atoms with Crippen LogP contribution in [0.15, 0.2) is 30.7 Å². The van der Waals surface area contributed by atoms with Crippen molar-refractivity contribution in [1.82, 2.24) is 24.8 Å². The fraction of sp³-hybridized carbons (Fsp3) is 0.450. The monoisotopic (exact) mass is 384 g/mol. The van der Waals surface area contributed by atoms with Crippen molar-refractivity contribution in [3.63, 3.8) is 0 Å². The van der Waals surface area contributed by atoms with Crippen LogP contribution in [0, 0.1) is 5.82 Å². The molecule has 4 heterocycles. The Balaban J connectivity index is 1.70. The number of piperidine rings is 1. The van der Waals surface area contributed by atoms with Crippen LogP contribution in [0.2, 0.25) is 0 Å². The lowest BCUT2D eigenvalue weighted by Gasteiger charge is -2.29. The van der Waals surface area contributed by atoms with E-state index in [2.05, 4.69) is 46.4 Å². The first-order valence-electron chi connectivity index (χ1n) is 9.49. The molecule has 3 aromatic heterocycles. The minimum atomic E-state index is -0.514. The Morgan fingerprint density at radius 2 is 2.11 bits per heavy atom. The standard InChI is InChI=1S/C20H25FN6O/c1-20(2,3)27-11-24-16-5-4-14(26-19(16)27)12-8-18(23-9-13(12)21)25-15-6-7-22-10-17(15)28/h4-5,8-9,11,15,17,22,28H,6-7,10H2,1-3H3,(H,23,25)/t15-,17-/m1/s1. The van der Waals surface area contributed by atoms with E-state index in [1.54, 1.807) is 18.5 Å². The zero-order valence-corrected chi connectivity index (χ0v) is 16.3. The van der Waals surface area contributed by atoms with Crippen molar-refractivity contribution in [3.05, 3.63) is 36.5 Å². The lowest BCUT2D eigenvalue weighted by Crippen LogP contribution is -2.47. The third kappa shape index (κ3) is 3.57. The van der Waals surface area contributed by atoms with E-state index in [0.29, 0.717) is 29.3 Å². The van der Waals surface area contributed by atoms with E-state index < -0.39 is 11.9 Å². The van der Waals surface area contributed by atoms with E-state index >= 15 is 0 Å². The van der Waals surface area contributed by atoms with Gasteiger partial charge in [0.2, 0.25) is 0 Å². The molecule has 1 fully saturated rings. The molecule has 4 rings (SSSR count). The topological polar surface area (TPSA) is 87.9 Å². The molecule has 8 heteroatoms. The molecule has 0 saturated carbocycles. The predicted octanol–water partition coefficient (Wildman–Crippen LogP) is 2.52. The lowest BCUT2D eigenvalue weighted by atomic mass is 10.0. The summed E-state index contributed by atoms with van der Waals surface area (Å²) in [4.78, 5) is 13.2. The quantitative estimate of drug-likeness (QED) is 0.643. The van der Waals surface area contributed by atoms with Crippen molar-refractivity contribution in [1.29, 1.82) is 0 Å². The zero-order valence-electron chi connectivity index (χ0n) is 16.3. The molecule has 0 bridgehead atoms. The van der Waals surface area contributed by atoms with Gasteiger partial charge in [0.15, 0.2) is 11.5 Å². The van der Waals surface area contributed by atoms with Gasteiger partial charge < -0.3 is 20.3 Å². The molecule has 28 heavy (non-hydrogen) atoms. The Hall–Kier alpha value is -2.58. The van der Waals surface area contributed by atoms with Crippen LogP contribution in [0.3, 0.4) is 0 Å². The first-order valence-corrected chi connectivity index (χ1v) is 9.49. The van der Waals surface area contributed by atoms with Crippen LogP contribution >= 0.6 is 0 Å². The normalized spacial score (nSPS) is 20.5. The molecule has 7 nitrogen and oxygen atoms in total. The highest BCUT2D eigenvalue weighted by molar-refractivity contribution is 5.76. The van der Waals surface area contributed by atoms with Crippen molar-refractivity contribution < 1.29 is 9.50 Å². The molecular formula is C20H25FN6O. The van der Waals surface area contributed by atoms with Crippen LogP contribution < -0.4 is 10.6 Å². The van der Waals surface area contributed by atoms with Crippen LogP contribution in [-0.4, -0.2) is 49.9 Å². The Labute approximate surface area is 163 Å². The molecule has 0 aliphatic carbocycles. The zero-order chi connectivity index (χ0) is 19.9. The highest BCUT2D eigenvalue weighted by atomic mass is 19.1. The smallest absolute Gasteiger partial charge is 0.160 e. The van der Waals surface area contributed by atoms with Crippen molar-refractivity contribution >= 4 is 17.0 Å². The molecule has 0 unspecified atom stereocenters. The summed E-state index contributed by atoms with van der Waals surface area (Å²) in [6, 6.07) is 5.15. The number of halogens is 1. The van der Waals surface area contributed by atoms with Crippen LogP contribution in [0.25, 0.3) is 22.4 Å². The second-order valence-electron chi connectivity index (χ2n) is 8.18. The van der Waals surface area contributed by atoms with Gasteiger partial charge in [0.25, 0.3) is 0 Å². The summed E-state index contributed by atoms with van der Waals surface area (Å²) in [5, 5.41) is 16.5. The van der Waals surface area contributed by atoms with Gasteiger partial charge in [-0.1, -0.05) is 0 Å². The molecule has 3 N–H and O–H groups in total. The van der Waals surface area contributed by atoms with Gasteiger partial charge in [-0.05, 0) is 51.9 Å². The summed E-state index contributed by atoms with van der Waals surface area (Å²) in [5.74, 6) is 0.0821. The first-order chi connectivity index (χ1) is 13.3. The third-order valence-corrected chi connectivity index (χ3v) is 5.03. The Morgan fingerprint density at radius 3 is 2.86 bits per heavy atom. The molecule has 148 valence electrons. The average Bonchev–Trinajstić information content (AvgIpc) is 3.08. The summed E-state index contributed by atoms with van der Waals surface area (Å²) in [6.07, 6.45) is 3.21. The van der Waals surface area contributed by atoms with E-state index in [9.17, 15) is 9.50 Å². The van der Waals surface area contributed by atoms with E-state index in [4.69, 9.17) is 0 Å². The molecule has 1 saturated heterocycles. The van der Waals surface area contributed by atoms with Crippen LogP contribution in [0.1, 0.15) is 27.2 Å². The molecular weight excluding hydrogens is 359 g/mol. The molecule has 3 aromatic rings. The number of anilines is 1. The molecule has 1 aliphatic rings. The maximum Gasteiger partial charge on any atom is 0.160 e. The summed E-state index contributed by atoms with van der Waals surface area (Å²) in [6.45, 7) is 7.56. The number of β-amino-alcohol motifs (C(OH)–C–C–N with tert-alkyl or cyclic N) is 1. The van der Waals surface area contributed by atoms with Crippen LogP contribution in [-0.2, 0) is 5.54 Å². The van der Waals surface area contributed by atoms with Gasteiger partial charge in [-0.15, -0.1) is 0 Å². The number of nitrogens with zero attached hydrogens (tertiary/aromatic N) is 4. The van der Waals surface area contributed by atoms with Gasteiger partial charge in [-0.25, -0.2) is 19.3 Å². The average molecular weight is 384 g/mol. The Kier molecular flexibility index (Phi) is 4.76. The fourth-order valence-corrected chi connectivity index (χ4v) is 3.45. The molecule has 2 atom stereocenters. The van der Waals surface area contributed by atoms with E-state index in [0.717, 1.165) is 18.5 Å². The number of pyridine rings is 2. The van der Waals surface area contributed by atoms with Gasteiger partial charge >= 0.3 is 0 Å². The highest BCUT2D eigenvalue weighted by Crippen LogP contribution is 2.27. The van der Waals surface area contributed by atoms with Crippen LogP contribution in [0.5, 0.6) is 0 Å². The first kappa shape index (κ1) is 18.8. The third-order valence-electron chi connectivity index (χ3n) is 5.03. The molecule has 0 aromatic carbocycles. The predicted molar refractivity (Wildman–Crippen MR) is 107 cm³/mol. The largest absolute Gasteiger partial charge is 0.390 e. The summed E-state index contributed by atoms with van der Waals surface area (Å²) < 4.78 is 16.5. The van der Waals surface area contributed by atoms with Gasteiger partial charge in [0, 0.05) is 17.6 Å². The van der Waals surface area contributed by atoms with Crippen molar-refractivity contribution in [2.75, 3.05) is 18.4 Å². The molecule has 0 spiro atoms. The van der Waals surface area contributed by atoms with Crippen molar-refractivity contribution in [2.45, 2.75) is 44.9 Å². The number of nitrogens with one attached hydrogen (secondary N) is 2. The number of aromatic nitrogens is 4. The fourth-order valence-electron chi connectivity index (χ4n) is 3.45. The minimum absolute atomic E-state index is 0.121. The number of aliphatic hydroxyl groups is 1. The maximum absolute atomic E-state index is 14.6. The highest BCUT2D eigenvalue weighted by Gasteiger charge is 2.23. The SMILES string of the molecule is CC(C)(C)n1cnc2ccc(-c3cc(N[C@@H]4CCNC[C@H]4O)ncc3F)nc21. The number of hydrogen-bond donors (Lipinski definition) is 3. The van der Waals surface area contributed by atoms with Gasteiger partial charge in [-0.2, -0.15) is 0 Å². The number of imidazole rings is 1. The minimum Gasteiger partial charge on any atom is -0.390 e. The van der Waals surface area contributed by atoms with Gasteiger partial charge in [0.05, 0.1) is 30.4 Å². The number of aliphatic hydroxyl groups excluding tert-OH is 1. The molecule has 1 aliphatic heterocycles. The summed E-state index contributed by atoms with van der Waals surface area (Å²) >= 11 is 0. The Morgan fingerprint density at radius 1 is 1.29 bits per heavy atom. The van der Waals surface area contributed by atoms with Gasteiger partial charge in [-0.3, -0.25) is 0 Å².